The van der Waals surface area contributed by atoms with Gasteiger partial charge in [-0.2, -0.15) is 5.26 Å². The van der Waals surface area contributed by atoms with Crippen LogP contribution in [0.3, 0.4) is 0 Å². The lowest BCUT2D eigenvalue weighted by molar-refractivity contribution is -0.122. The minimum atomic E-state index is -0.131. The van der Waals surface area contributed by atoms with Crippen molar-refractivity contribution in [3.8, 4) is 6.07 Å². The summed E-state index contributed by atoms with van der Waals surface area (Å²) in [6.07, 6.45) is 5.93. The predicted molar refractivity (Wildman–Crippen MR) is 95.2 cm³/mol. The molecule has 8 heteroatoms. The molecule has 1 atom stereocenters. The molecule has 1 saturated heterocycles. The van der Waals surface area contributed by atoms with Crippen LogP contribution in [0, 0.1) is 11.3 Å². The van der Waals surface area contributed by atoms with Gasteiger partial charge in [0.05, 0.1) is 0 Å². The quantitative estimate of drug-likeness (QED) is 0.758. The smallest absolute Gasteiger partial charge is 0.252 e. The van der Waals surface area contributed by atoms with Crippen LogP contribution in [-0.4, -0.2) is 44.8 Å². The summed E-state index contributed by atoms with van der Waals surface area (Å²) in [6.45, 7) is 1.71. The van der Waals surface area contributed by atoms with Crippen molar-refractivity contribution in [2.75, 3.05) is 18.0 Å². The molecule has 0 saturated carbocycles. The Hall–Kier alpha value is -3.47. The van der Waals surface area contributed by atoms with Crippen LogP contribution in [-0.2, 0) is 11.3 Å². The number of nitriles is 1. The highest BCUT2D eigenvalue weighted by Crippen LogP contribution is 2.24. The van der Waals surface area contributed by atoms with E-state index in [0.717, 1.165) is 36.0 Å². The van der Waals surface area contributed by atoms with Crippen LogP contribution in [0.5, 0.6) is 0 Å². The minimum Gasteiger partial charge on any atom is -0.369 e. The summed E-state index contributed by atoms with van der Waals surface area (Å²) >= 11 is 0. The van der Waals surface area contributed by atoms with E-state index in [9.17, 15) is 4.79 Å². The average molecular weight is 347 g/mol. The number of pyridine rings is 1. The molecule has 0 radical (unpaired) electrons. The molecule has 3 aromatic rings. The number of fused-ring (bicyclic) bond motifs is 1. The number of rotatable bonds is 4. The third kappa shape index (κ3) is 3.32. The van der Waals surface area contributed by atoms with Crippen LogP contribution in [0.25, 0.3) is 10.8 Å². The van der Waals surface area contributed by atoms with Gasteiger partial charge in [-0.15, -0.1) is 5.10 Å². The Balaban J connectivity index is 1.36. The maximum Gasteiger partial charge on any atom is 0.252 e. The fourth-order valence-corrected chi connectivity index (χ4v) is 3.22. The van der Waals surface area contributed by atoms with Gasteiger partial charge in [-0.3, -0.25) is 9.78 Å². The first-order valence-corrected chi connectivity index (χ1v) is 8.39. The maximum absolute atomic E-state index is 12.2. The standard InChI is InChI=1S/C18H17N7O/c19-8-17-21-12-25(23-17)11-18(26)22-15-4-6-24(10-15)16-2-1-13-3-5-20-9-14(13)7-16/h1-3,5,7,9,12,15H,4,6,10-11H2,(H,22,26)/t15-/m0/s1. The Kier molecular flexibility index (Phi) is 4.19. The van der Waals surface area contributed by atoms with Crippen molar-refractivity contribution in [3.05, 3.63) is 48.8 Å². The van der Waals surface area contributed by atoms with Gasteiger partial charge in [0.15, 0.2) is 0 Å². The third-order valence-corrected chi connectivity index (χ3v) is 4.48. The zero-order valence-electron chi connectivity index (χ0n) is 14.0. The molecule has 1 aliphatic rings. The normalized spacial score (nSPS) is 16.6. The Labute approximate surface area is 150 Å². The van der Waals surface area contributed by atoms with Crippen molar-refractivity contribution >= 4 is 22.4 Å². The highest BCUT2D eigenvalue weighted by molar-refractivity contribution is 5.85. The number of amides is 1. The monoisotopic (exact) mass is 347 g/mol. The molecule has 1 amide bonds. The number of hydrogen-bond donors (Lipinski definition) is 1. The second kappa shape index (κ2) is 6.80. The molecule has 1 N–H and O–H groups in total. The third-order valence-electron chi connectivity index (χ3n) is 4.48. The van der Waals surface area contributed by atoms with E-state index < -0.39 is 0 Å². The number of anilines is 1. The van der Waals surface area contributed by atoms with E-state index in [-0.39, 0.29) is 24.3 Å². The van der Waals surface area contributed by atoms with Gasteiger partial charge >= 0.3 is 0 Å². The number of hydrogen-bond acceptors (Lipinski definition) is 6. The number of aromatic nitrogens is 4. The van der Waals surface area contributed by atoms with E-state index in [1.165, 1.54) is 11.0 Å². The molecule has 0 spiro atoms. The van der Waals surface area contributed by atoms with Gasteiger partial charge in [-0.05, 0) is 30.0 Å². The Morgan fingerprint density at radius 2 is 2.27 bits per heavy atom. The molecule has 4 rings (SSSR count). The molecule has 1 aromatic carbocycles. The van der Waals surface area contributed by atoms with Crippen molar-refractivity contribution in [3.63, 3.8) is 0 Å². The van der Waals surface area contributed by atoms with Crippen molar-refractivity contribution in [1.29, 1.82) is 5.26 Å². The predicted octanol–water partition coefficient (Wildman–Crippen LogP) is 1.09. The van der Waals surface area contributed by atoms with Gasteiger partial charge in [0.25, 0.3) is 5.82 Å². The van der Waals surface area contributed by atoms with Crippen LogP contribution in [0.2, 0.25) is 0 Å². The summed E-state index contributed by atoms with van der Waals surface area (Å²) in [5.41, 5.74) is 1.14. The maximum atomic E-state index is 12.2. The van der Waals surface area contributed by atoms with Crippen molar-refractivity contribution in [2.45, 2.75) is 19.0 Å². The number of benzene rings is 1. The van der Waals surface area contributed by atoms with E-state index in [2.05, 4.69) is 43.5 Å². The summed E-state index contributed by atoms with van der Waals surface area (Å²) in [6, 6.07) is 10.3. The molecule has 0 unspecified atom stereocenters. The molecule has 3 heterocycles. The number of nitrogens with zero attached hydrogens (tertiary/aromatic N) is 6. The van der Waals surface area contributed by atoms with Crippen LogP contribution >= 0.6 is 0 Å². The second-order valence-electron chi connectivity index (χ2n) is 6.28. The first kappa shape index (κ1) is 16.0. The molecule has 0 bridgehead atoms. The van der Waals surface area contributed by atoms with Crippen LogP contribution in [0.1, 0.15) is 12.2 Å². The van der Waals surface area contributed by atoms with Crippen molar-refractivity contribution in [1.82, 2.24) is 25.1 Å². The van der Waals surface area contributed by atoms with Gasteiger partial charge in [0.2, 0.25) is 5.91 Å². The number of carbonyl (C=O) groups is 1. The lowest BCUT2D eigenvalue weighted by Gasteiger charge is -2.19. The molecule has 8 nitrogen and oxygen atoms in total. The van der Waals surface area contributed by atoms with E-state index in [0.29, 0.717) is 0 Å². The lowest BCUT2D eigenvalue weighted by Crippen LogP contribution is -2.39. The summed E-state index contributed by atoms with van der Waals surface area (Å²) in [7, 11) is 0. The molecule has 130 valence electrons. The zero-order chi connectivity index (χ0) is 17.9. The van der Waals surface area contributed by atoms with Crippen molar-refractivity contribution < 1.29 is 4.79 Å². The Morgan fingerprint density at radius 3 is 3.12 bits per heavy atom. The number of carbonyl (C=O) groups excluding carboxylic acids is 1. The SMILES string of the molecule is N#Cc1ncn(CC(=O)N[C@H]2CCN(c3ccc4ccncc4c3)C2)n1. The van der Waals surface area contributed by atoms with Gasteiger partial charge in [0, 0.05) is 42.6 Å². The minimum absolute atomic E-state index is 0.0623. The fourth-order valence-electron chi connectivity index (χ4n) is 3.22. The summed E-state index contributed by atoms with van der Waals surface area (Å²) in [5, 5.41) is 17.9. The summed E-state index contributed by atoms with van der Waals surface area (Å²) < 4.78 is 1.37. The van der Waals surface area contributed by atoms with Gasteiger partial charge in [-0.1, -0.05) is 6.07 Å². The highest BCUT2D eigenvalue weighted by atomic mass is 16.2. The van der Waals surface area contributed by atoms with Crippen molar-refractivity contribution in [2.24, 2.45) is 0 Å². The molecule has 1 fully saturated rings. The second-order valence-corrected chi connectivity index (χ2v) is 6.28. The Morgan fingerprint density at radius 1 is 1.35 bits per heavy atom. The van der Waals surface area contributed by atoms with Gasteiger partial charge < -0.3 is 10.2 Å². The first-order chi connectivity index (χ1) is 12.7. The van der Waals surface area contributed by atoms with Gasteiger partial charge in [0.1, 0.15) is 18.9 Å². The zero-order valence-corrected chi connectivity index (χ0v) is 14.0. The lowest BCUT2D eigenvalue weighted by atomic mass is 10.1. The average Bonchev–Trinajstić information content (AvgIpc) is 3.30. The van der Waals surface area contributed by atoms with E-state index in [4.69, 9.17) is 5.26 Å². The van der Waals surface area contributed by atoms with Crippen LogP contribution < -0.4 is 10.2 Å². The fraction of sp³-hybridized carbons (Fsp3) is 0.278. The summed E-state index contributed by atoms with van der Waals surface area (Å²) in [5.74, 6) is -0.0652. The van der Waals surface area contributed by atoms with E-state index in [1.54, 1.807) is 6.20 Å². The molecular weight excluding hydrogens is 330 g/mol. The van der Waals surface area contributed by atoms with E-state index in [1.807, 2.05) is 18.3 Å². The first-order valence-electron chi connectivity index (χ1n) is 8.39. The highest BCUT2D eigenvalue weighted by Gasteiger charge is 2.24. The summed E-state index contributed by atoms with van der Waals surface area (Å²) in [4.78, 5) is 22.4. The Bertz CT molecular complexity index is 990. The topological polar surface area (TPSA) is 99.7 Å². The molecule has 1 aliphatic heterocycles. The van der Waals surface area contributed by atoms with E-state index >= 15 is 0 Å². The van der Waals surface area contributed by atoms with Crippen LogP contribution in [0.15, 0.2) is 43.0 Å². The molecular formula is C18H17N7O. The largest absolute Gasteiger partial charge is 0.369 e. The van der Waals surface area contributed by atoms with Crippen LogP contribution in [0.4, 0.5) is 5.69 Å². The molecule has 2 aromatic heterocycles. The molecule has 26 heavy (non-hydrogen) atoms. The number of nitrogens with one attached hydrogen (secondary N) is 1. The molecule has 0 aliphatic carbocycles. The van der Waals surface area contributed by atoms with Gasteiger partial charge in [-0.25, -0.2) is 9.67 Å².